The Morgan fingerprint density at radius 2 is 2.17 bits per heavy atom. The van der Waals surface area contributed by atoms with Gasteiger partial charge in [0.1, 0.15) is 0 Å². The van der Waals surface area contributed by atoms with Crippen LogP contribution in [-0.2, 0) is 0 Å². The van der Waals surface area contributed by atoms with Crippen LogP contribution in [0.3, 0.4) is 0 Å². The van der Waals surface area contributed by atoms with Gasteiger partial charge in [-0.05, 0) is 44.4 Å². The average Bonchev–Trinajstić information content (AvgIpc) is 2.36. The molecule has 100 valence electrons. The molecule has 0 saturated carbocycles. The highest BCUT2D eigenvalue weighted by Gasteiger charge is 2.19. The summed E-state index contributed by atoms with van der Waals surface area (Å²) in [5, 5.41) is 4.15. The topological polar surface area (TPSA) is 28.2 Å². The summed E-state index contributed by atoms with van der Waals surface area (Å²) in [6.07, 6.45) is 5.37. The monoisotopic (exact) mass is 267 g/mol. The van der Waals surface area contributed by atoms with E-state index >= 15 is 0 Å². The number of halogens is 1. The van der Waals surface area contributed by atoms with E-state index in [1.807, 2.05) is 6.07 Å². The first-order valence-corrected chi connectivity index (χ1v) is 7.18. The fourth-order valence-electron chi connectivity index (χ4n) is 2.52. The number of aryl methyl sites for hydroxylation is 1. The van der Waals surface area contributed by atoms with Crippen molar-refractivity contribution in [3.63, 3.8) is 0 Å². The lowest BCUT2D eigenvalue weighted by Gasteiger charge is -2.33. The summed E-state index contributed by atoms with van der Waals surface area (Å²) in [4.78, 5) is 6.68. The molecular weight excluding hydrogens is 246 g/mol. The van der Waals surface area contributed by atoms with Crippen LogP contribution in [0.5, 0.6) is 0 Å². The molecule has 1 N–H and O–H groups in total. The molecule has 18 heavy (non-hydrogen) atoms. The minimum atomic E-state index is 0.526. The van der Waals surface area contributed by atoms with Gasteiger partial charge in [0.25, 0.3) is 0 Å². The maximum atomic E-state index is 6.14. The molecule has 2 heterocycles. The van der Waals surface area contributed by atoms with Crippen LogP contribution >= 0.6 is 11.6 Å². The van der Waals surface area contributed by atoms with Gasteiger partial charge in [0, 0.05) is 25.3 Å². The molecule has 0 radical (unpaired) electrons. The Morgan fingerprint density at radius 3 is 2.78 bits per heavy atom. The fraction of sp³-hybridized carbons (Fsp3) is 0.643. The molecule has 1 aliphatic rings. The molecular formula is C14H22ClN3. The number of rotatable bonds is 4. The third-order valence-electron chi connectivity index (χ3n) is 3.59. The maximum absolute atomic E-state index is 6.14. The standard InChI is InChI=1S/C14H22ClN3/c1-3-8-18-9-5-12(6-10-18)17-13-11(2)4-7-16-14(13)15/h4,7,12,17H,3,5-6,8-10H2,1-2H3. The van der Waals surface area contributed by atoms with Crippen molar-refractivity contribution in [2.24, 2.45) is 0 Å². The lowest BCUT2D eigenvalue weighted by atomic mass is 10.0. The van der Waals surface area contributed by atoms with Crippen molar-refractivity contribution in [2.45, 2.75) is 39.2 Å². The molecule has 0 atom stereocenters. The van der Waals surface area contributed by atoms with E-state index in [1.54, 1.807) is 6.20 Å². The van der Waals surface area contributed by atoms with Gasteiger partial charge >= 0.3 is 0 Å². The molecule has 1 fully saturated rings. The van der Waals surface area contributed by atoms with Crippen molar-refractivity contribution in [1.82, 2.24) is 9.88 Å². The van der Waals surface area contributed by atoms with Gasteiger partial charge in [-0.3, -0.25) is 0 Å². The number of likely N-dealkylation sites (tertiary alicyclic amines) is 1. The number of piperidine rings is 1. The second kappa shape index (κ2) is 6.39. The molecule has 4 heteroatoms. The van der Waals surface area contributed by atoms with Crippen LogP contribution in [0.2, 0.25) is 5.15 Å². The van der Waals surface area contributed by atoms with Crippen molar-refractivity contribution < 1.29 is 0 Å². The summed E-state index contributed by atoms with van der Waals surface area (Å²) in [5.41, 5.74) is 2.18. The first-order chi connectivity index (χ1) is 8.70. The third kappa shape index (κ3) is 3.36. The van der Waals surface area contributed by atoms with Crippen LogP contribution in [0.25, 0.3) is 0 Å². The van der Waals surface area contributed by atoms with Gasteiger partial charge < -0.3 is 10.2 Å². The zero-order valence-electron chi connectivity index (χ0n) is 11.2. The van der Waals surface area contributed by atoms with Crippen molar-refractivity contribution in [3.8, 4) is 0 Å². The third-order valence-corrected chi connectivity index (χ3v) is 3.88. The first kappa shape index (κ1) is 13.6. The zero-order chi connectivity index (χ0) is 13.0. The van der Waals surface area contributed by atoms with E-state index in [0.717, 1.165) is 5.69 Å². The predicted molar refractivity (Wildman–Crippen MR) is 77.4 cm³/mol. The second-order valence-electron chi connectivity index (χ2n) is 5.05. The number of nitrogens with zero attached hydrogens (tertiary/aromatic N) is 2. The van der Waals surface area contributed by atoms with Gasteiger partial charge in [-0.1, -0.05) is 18.5 Å². The predicted octanol–water partition coefficient (Wildman–Crippen LogP) is 3.33. The Morgan fingerprint density at radius 1 is 1.44 bits per heavy atom. The van der Waals surface area contributed by atoms with Gasteiger partial charge in [-0.2, -0.15) is 0 Å². The van der Waals surface area contributed by atoms with Crippen molar-refractivity contribution >= 4 is 17.3 Å². The highest BCUT2D eigenvalue weighted by Crippen LogP contribution is 2.25. The van der Waals surface area contributed by atoms with E-state index in [4.69, 9.17) is 11.6 Å². The normalized spacial score (nSPS) is 17.9. The first-order valence-electron chi connectivity index (χ1n) is 6.80. The number of nitrogens with one attached hydrogen (secondary N) is 1. The minimum Gasteiger partial charge on any atom is -0.380 e. The molecule has 0 spiro atoms. The van der Waals surface area contributed by atoms with Gasteiger partial charge in [0.05, 0.1) is 5.69 Å². The van der Waals surface area contributed by atoms with E-state index in [9.17, 15) is 0 Å². The summed E-state index contributed by atoms with van der Waals surface area (Å²) < 4.78 is 0. The van der Waals surface area contributed by atoms with Gasteiger partial charge in [-0.15, -0.1) is 0 Å². The lowest BCUT2D eigenvalue weighted by molar-refractivity contribution is 0.219. The van der Waals surface area contributed by atoms with Crippen LogP contribution in [0, 0.1) is 6.92 Å². The van der Waals surface area contributed by atoms with E-state index in [0.29, 0.717) is 11.2 Å². The smallest absolute Gasteiger partial charge is 0.152 e. The molecule has 1 aromatic heterocycles. The number of aromatic nitrogens is 1. The van der Waals surface area contributed by atoms with Crippen molar-refractivity contribution in [3.05, 3.63) is 23.0 Å². The van der Waals surface area contributed by atoms with Crippen LogP contribution < -0.4 is 5.32 Å². The van der Waals surface area contributed by atoms with Crippen LogP contribution in [0.4, 0.5) is 5.69 Å². The van der Waals surface area contributed by atoms with Crippen LogP contribution in [0.1, 0.15) is 31.7 Å². The largest absolute Gasteiger partial charge is 0.380 e. The Kier molecular flexibility index (Phi) is 4.84. The average molecular weight is 268 g/mol. The maximum Gasteiger partial charge on any atom is 0.152 e. The Hall–Kier alpha value is -0.800. The van der Waals surface area contributed by atoms with Gasteiger partial charge in [-0.25, -0.2) is 4.98 Å². The van der Waals surface area contributed by atoms with Crippen LogP contribution in [-0.4, -0.2) is 35.6 Å². The molecule has 1 saturated heterocycles. The molecule has 0 bridgehead atoms. The number of anilines is 1. The molecule has 1 aliphatic heterocycles. The van der Waals surface area contributed by atoms with Crippen molar-refractivity contribution in [2.75, 3.05) is 25.0 Å². The molecule has 0 aromatic carbocycles. The highest BCUT2D eigenvalue weighted by atomic mass is 35.5. The number of hydrogen-bond acceptors (Lipinski definition) is 3. The van der Waals surface area contributed by atoms with E-state index in [-0.39, 0.29) is 0 Å². The number of pyridine rings is 1. The van der Waals surface area contributed by atoms with Gasteiger partial charge in [0.2, 0.25) is 0 Å². The molecule has 2 rings (SSSR count). The quantitative estimate of drug-likeness (QED) is 0.849. The molecule has 3 nitrogen and oxygen atoms in total. The minimum absolute atomic E-state index is 0.526. The summed E-state index contributed by atoms with van der Waals surface area (Å²) >= 11 is 6.14. The van der Waals surface area contributed by atoms with Crippen molar-refractivity contribution in [1.29, 1.82) is 0 Å². The number of hydrogen-bond donors (Lipinski definition) is 1. The van der Waals surface area contributed by atoms with E-state index < -0.39 is 0 Å². The summed E-state index contributed by atoms with van der Waals surface area (Å²) in [7, 11) is 0. The highest BCUT2D eigenvalue weighted by molar-refractivity contribution is 6.32. The summed E-state index contributed by atoms with van der Waals surface area (Å²) in [6, 6.07) is 2.53. The second-order valence-corrected chi connectivity index (χ2v) is 5.41. The Labute approximate surface area is 115 Å². The Balaban J connectivity index is 1.92. The summed E-state index contributed by atoms with van der Waals surface area (Å²) in [6.45, 7) is 7.90. The molecule has 0 amide bonds. The zero-order valence-corrected chi connectivity index (χ0v) is 12.0. The SMILES string of the molecule is CCCN1CCC(Nc2c(C)ccnc2Cl)CC1. The fourth-order valence-corrected chi connectivity index (χ4v) is 2.78. The van der Waals surface area contributed by atoms with Gasteiger partial charge in [0.15, 0.2) is 5.15 Å². The molecule has 0 aliphatic carbocycles. The molecule has 1 aromatic rings. The molecule has 0 unspecified atom stereocenters. The lowest BCUT2D eigenvalue weighted by Crippen LogP contribution is -2.39. The Bertz CT molecular complexity index is 366. The summed E-state index contributed by atoms with van der Waals surface area (Å²) in [5.74, 6) is 0. The van der Waals surface area contributed by atoms with E-state index in [2.05, 4.69) is 29.0 Å². The van der Waals surface area contributed by atoms with Crippen LogP contribution in [0.15, 0.2) is 12.3 Å². The van der Waals surface area contributed by atoms with E-state index in [1.165, 1.54) is 44.5 Å².